The number of imidazole rings is 1. The molecule has 4 amide bonds. The Morgan fingerprint density at radius 3 is 2.37 bits per heavy atom. The average molecular weight is 684 g/mol. The maximum Gasteiger partial charge on any atom is 0.251 e. The number of nitrogen functional groups attached to an aromatic ring is 1. The fourth-order valence-corrected chi connectivity index (χ4v) is 6.80. The Hall–Kier alpha value is -3.97. The van der Waals surface area contributed by atoms with E-state index in [1.807, 2.05) is 39.5 Å². The summed E-state index contributed by atoms with van der Waals surface area (Å²) in [6.45, 7) is 10.7. The number of hydrogen-bond donors (Lipinski definition) is 4. The number of likely N-dealkylation sites (N-methyl/N-ethyl adjacent to an activating group) is 1. The van der Waals surface area contributed by atoms with Gasteiger partial charge < -0.3 is 40.6 Å². The van der Waals surface area contributed by atoms with E-state index in [9.17, 15) is 19.2 Å². The highest BCUT2D eigenvalue weighted by molar-refractivity contribution is 5.98. The molecule has 0 radical (unpaired) electrons. The van der Waals surface area contributed by atoms with E-state index in [1.165, 1.54) is 0 Å². The Labute approximate surface area is 291 Å². The Bertz CT molecular complexity index is 1350. The van der Waals surface area contributed by atoms with Crippen LogP contribution in [0.3, 0.4) is 0 Å². The quantitative estimate of drug-likeness (QED) is 0.174. The molecule has 13 nitrogen and oxygen atoms in total. The molecule has 0 saturated carbocycles. The summed E-state index contributed by atoms with van der Waals surface area (Å²) in [6.07, 6.45) is 5.19. The average Bonchev–Trinajstić information content (AvgIpc) is 3.79. The van der Waals surface area contributed by atoms with Gasteiger partial charge in [-0.05, 0) is 48.9 Å². The van der Waals surface area contributed by atoms with Gasteiger partial charge in [0.05, 0.1) is 48.7 Å². The zero-order valence-electron chi connectivity index (χ0n) is 30.4. The molecule has 3 rings (SSSR count). The highest BCUT2D eigenvalue weighted by Crippen LogP contribution is 2.29. The van der Waals surface area contributed by atoms with Crippen molar-refractivity contribution in [2.45, 2.75) is 97.1 Å². The number of amides is 4. The number of nitrogens with one attached hydrogen (secondary N) is 3. The summed E-state index contributed by atoms with van der Waals surface area (Å²) < 4.78 is 11.9. The monoisotopic (exact) mass is 683 g/mol. The van der Waals surface area contributed by atoms with Crippen LogP contribution in [0.25, 0.3) is 0 Å². The number of carbonyl (C=O) groups is 4. The Kier molecular flexibility index (Phi) is 15.1. The maximum atomic E-state index is 14.1. The summed E-state index contributed by atoms with van der Waals surface area (Å²) in [5.41, 5.74) is 7.59. The summed E-state index contributed by atoms with van der Waals surface area (Å²) in [6, 6.07) is 5.02. The van der Waals surface area contributed by atoms with E-state index in [0.29, 0.717) is 37.2 Å². The number of aromatic nitrogens is 2. The first-order valence-electron chi connectivity index (χ1n) is 17.4. The number of likely N-dealkylation sites (tertiary alicyclic amines) is 1. The molecule has 49 heavy (non-hydrogen) atoms. The summed E-state index contributed by atoms with van der Waals surface area (Å²) in [5, 5.41) is 5.89. The third-order valence-electron chi connectivity index (χ3n) is 9.89. The van der Waals surface area contributed by atoms with Gasteiger partial charge in [-0.25, -0.2) is 4.98 Å². The Morgan fingerprint density at radius 2 is 1.80 bits per heavy atom. The smallest absolute Gasteiger partial charge is 0.251 e. The number of aromatic amines is 1. The standard InChI is InChI=1S/C36H57N7O6/c1-9-23(4)32(42(6)36(47)31(22(2)3)41-35(46)25-12-14-26(37)15-13-25)29(48-7)19-30(44)43-18-10-11-28(43)33(49-8)24(5)34(45)39-17-16-27-20-38-21-40-27/h12-15,20-24,28-29,31-33H,9-11,16-19,37H2,1-8H3,(H,38,40)(H,39,45)(H,41,46)/t23-,24+,28?,29+,31?,32-,33+/m0/s1. The number of nitrogens with zero attached hydrogens (tertiary/aromatic N) is 3. The SMILES string of the molecule is CC[C@H](C)[C@@H]([C@@H](CC(=O)N1CCCC1[C@H](OC)[C@@H](C)C(=O)NCCc1c[nH]cn1)OC)N(C)C(=O)C(NC(=O)c1ccc(N)cc1)C(C)C. The predicted molar refractivity (Wildman–Crippen MR) is 188 cm³/mol. The van der Waals surface area contributed by atoms with Gasteiger partial charge in [0.25, 0.3) is 5.91 Å². The molecule has 2 unspecified atom stereocenters. The van der Waals surface area contributed by atoms with Crippen LogP contribution in [0.5, 0.6) is 0 Å². The fraction of sp³-hybridized carbons (Fsp3) is 0.639. The van der Waals surface area contributed by atoms with Crippen LogP contribution in [-0.4, -0.2) is 108 Å². The molecule has 2 aromatic rings. The molecule has 13 heteroatoms. The molecular formula is C36H57N7O6. The predicted octanol–water partition coefficient (Wildman–Crippen LogP) is 3.03. The number of methoxy groups -OCH3 is 2. The molecule has 272 valence electrons. The second kappa shape index (κ2) is 18.7. The summed E-state index contributed by atoms with van der Waals surface area (Å²) in [5.74, 6) is -1.59. The molecule has 0 bridgehead atoms. The van der Waals surface area contributed by atoms with Crippen molar-refractivity contribution in [3.05, 3.63) is 48.0 Å². The molecule has 1 fully saturated rings. The maximum absolute atomic E-state index is 14.1. The molecule has 5 N–H and O–H groups in total. The van der Waals surface area contributed by atoms with Crippen LogP contribution in [0.1, 0.15) is 76.4 Å². The van der Waals surface area contributed by atoms with Crippen LogP contribution >= 0.6 is 0 Å². The van der Waals surface area contributed by atoms with Crippen molar-refractivity contribution in [3.63, 3.8) is 0 Å². The van der Waals surface area contributed by atoms with Crippen LogP contribution < -0.4 is 16.4 Å². The molecule has 7 atom stereocenters. The number of nitrogens with two attached hydrogens (primary N) is 1. The number of carbonyl (C=O) groups excluding carboxylic acids is 4. The van der Waals surface area contributed by atoms with Crippen LogP contribution in [0, 0.1) is 17.8 Å². The van der Waals surface area contributed by atoms with E-state index >= 15 is 0 Å². The van der Waals surface area contributed by atoms with E-state index in [-0.39, 0.29) is 47.9 Å². The van der Waals surface area contributed by atoms with E-state index in [0.717, 1.165) is 18.5 Å². The van der Waals surface area contributed by atoms with E-state index in [1.54, 1.807) is 63.0 Å². The van der Waals surface area contributed by atoms with Crippen molar-refractivity contribution in [1.29, 1.82) is 0 Å². The summed E-state index contributed by atoms with van der Waals surface area (Å²) in [4.78, 5) is 64.9. The third kappa shape index (κ3) is 10.3. The lowest BCUT2D eigenvalue weighted by molar-refractivity contribution is -0.146. The molecule has 1 saturated heterocycles. The molecule has 1 aromatic heterocycles. The fourth-order valence-electron chi connectivity index (χ4n) is 6.80. The largest absolute Gasteiger partial charge is 0.399 e. The van der Waals surface area contributed by atoms with Crippen molar-refractivity contribution < 1.29 is 28.7 Å². The van der Waals surface area contributed by atoms with Crippen molar-refractivity contribution in [2.75, 3.05) is 40.1 Å². The van der Waals surface area contributed by atoms with Crippen molar-refractivity contribution in [2.24, 2.45) is 17.8 Å². The number of H-pyrrole nitrogens is 1. The Morgan fingerprint density at radius 1 is 1.10 bits per heavy atom. The first-order valence-corrected chi connectivity index (χ1v) is 17.4. The Balaban J connectivity index is 1.73. The lowest BCUT2D eigenvalue weighted by atomic mass is 9.89. The van der Waals surface area contributed by atoms with Crippen LogP contribution in [0.2, 0.25) is 0 Å². The zero-order valence-corrected chi connectivity index (χ0v) is 30.4. The van der Waals surface area contributed by atoms with E-state index < -0.39 is 30.2 Å². The molecule has 0 spiro atoms. The minimum Gasteiger partial charge on any atom is -0.399 e. The minimum absolute atomic E-state index is 0.0152. The second-order valence-electron chi connectivity index (χ2n) is 13.5. The normalized spacial score (nSPS) is 18.3. The first kappa shape index (κ1) is 39.5. The highest BCUT2D eigenvalue weighted by Gasteiger charge is 2.42. The molecule has 2 heterocycles. The summed E-state index contributed by atoms with van der Waals surface area (Å²) >= 11 is 0. The zero-order chi connectivity index (χ0) is 36.2. The summed E-state index contributed by atoms with van der Waals surface area (Å²) in [7, 11) is 4.85. The lowest BCUT2D eigenvalue weighted by Gasteiger charge is -2.40. The van der Waals surface area contributed by atoms with Crippen molar-refractivity contribution in [1.82, 2.24) is 30.4 Å². The van der Waals surface area contributed by atoms with Gasteiger partial charge in [0.15, 0.2) is 0 Å². The number of rotatable bonds is 18. The van der Waals surface area contributed by atoms with Gasteiger partial charge in [-0.2, -0.15) is 0 Å². The van der Waals surface area contributed by atoms with Crippen molar-refractivity contribution in [3.8, 4) is 0 Å². The van der Waals surface area contributed by atoms with Gasteiger partial charge in [-0.3, -0.25) is 19.2 Å². The van der Waals surface area contributed by atoms with Crippen LogP contribution in [0.4, 0.5) is 5.69 Å². The van der Waals surface area contributed by atoms with Gasteiger partial charge in [0.1, 0.15) is 6.04 Å². The molecule has 1 aliphatic rings. The third-order valence-corrected chi connectivity index (χ3v) is 9.89. The van der Waals surface area contributed by atoms with Crippen molar-refractivity contribution >= 4 is 29.3 Å². The number of ether oxygens (including phenoxy) is 2. The lowest BCUT2D eigenvalue weighted by Crippen LogP contribution is -2.57. The number of hydrogen-bond acceptors (Lipinski definition) is 8. The van der Waals surface area contributed by atoms with Gasteiger partial charge in [0.2, 0.25) is 17.7 Å². The van der Waals surface area contributed by atoms with Crippen LogP contribution in [0.15, 0.2) is 36.8 Å². The van der Waals surface area contributed by atoms with Gasteiger partial charge in [-0.1, -0.05) is 41.0 Å². The molecule has 1 aliphatic heterocycles. The minimum atomic E-state index is -0.799. The van der Waals surface area contributed by atoms with Gasteiger partial charge in [0, 0.05) is 58.2 Å². The molecule has 1 aromatic carbocycles. The molecule has 0 aliphatic carbocycles. The number of benzene rings is 1. The number of anilines is 1. The van der Waals surface area contributed by atoms with E-state index in [4.69, 9.17) is 15.2 Å². The first-order chi connectivity index (χ1) is 23.3. The van der Waals surface area contributed by atoms with Gasteiger partial charge in [-0.15, -0.1) is 0 Å². The second-order valence-corrected chi connectivity index (χ2v) is 13.5. The molecular weight excluding hydrogens is 626 g/mol. The highest BCUT2D eigenvalue weighted by atomic mass is 16.5. The van der Waals surface area contributed by atoms with E-state index in [2.05, 4.69) is 20.6 Å². The van der Waals surface area contributed by atoms with Crippen LogP contribution in [-0.2, 0) is 30.3 Å². The van der Waals surface area contributed by atoms with Gasteiger partial charge >= 0.3 is 0 Å². The topological polar surface area (TPSA) is 172 Å².